The molecule has 1 heterocycles. The molecule has 0 saturated carbocycles. The number of halogens is 2. The third-order valence-electron chi connectivity index (χ3n) is 6.56. The second kappa shape index (κ2) is 13.4. The summed E-state index contributed by atoms with van der Waals surface area (Å²) in [6, 6.07) is 23.6. The molecule has 38 heavy (non-hydrogen) atoms. The van der Waals surface area contributed by atoms with Gasteiger partial charge in [-0.15, -0.1) is 0 Å². The van der Waals surface area contributed by atoms with Crippen molar-refractivity contribution >= 4 is 43.0 Å². The number of aromatic nitrogens is 1. The molecule has 0 N–H and O–H groups in total. The summed E-state index contributed by atoms with van der Waals surface area (Å²) in [5, 5.41) is 0. The molecule has 0 atom stereocenters. The van der Waals surface area contributed by atoms with Crippen LogP contribution in [0.1, 0.15) is 57.3 Å². The number of nitrogens with zero attached hydrogens (tertiary/aromatic N) is 3. The van der Waals surface area contributed by atoms with Crippen LogP contribution in [0.2, 0.25) is 0 Å². The summed E-state index contributed by atoms with van der Waals surface area (Å²) in [4.78, 5) is 10.3. The zero-order valence-electron chi connectivity index (χ0n) is 23.3. The van der Waals surface area contributed by atoms with Crippen LogP contribution in [0.25, 0.3) is 0 Å². The number of hydrogen-bond acceptors (Lipinski definition) is 2. The first-order valence-corrected chi connectivity index (χ1v) is 15.5. The van der Waals surface area contributed by atoms with Crippen molar-refractivity contribution in [3.8, 4) is 0 Å². The molecule has 4 rings (SSSR count). The standard InChI is InChI=1S/C32H35N3.2ClH.Fe/c1-20-16-22(3)30(23(4)17-20)33-26(7)28-14-15-29(35(28)8)32(27-12-10-9-11-13-27)34-31-24(5)18-21(2)19-25(31)6;;;/h9-19H,1-8H3;2*1H;/q;;;+2/p-2. The molecule has 6 heteroatoms. The van der Waals surface area contributed by atoms with Crippen molar-refractivity contribution in [2.75, 3.05) is 0 Å². The monoisotopic (exact) mass is 587 g/mol. The normalized spacial score (nSPS) is 11.9. The van der Waals surface area contributed by atoms with Gasteiger partial charge in [0.25, 0.3) is 0 Å². The first-order valence-electron chi connectivity index (χ1n) is 12.4. The van der Waals surface area contributed by atoms with Gasteiger partial charge in [0.05, 0.1) is 34.2 Å². The predicted molar refractivity (Wildman–Crippen MR) is 162 cm³/mol. The van der Waals surface area contributed by atoms with Gasteiger partial charge in [0.2, 0.25) is 0 Å². The van der Waals surface area contributed by atoms with E-state index in [1.807, 2.05) is 6.07 Å². The van der Waals surface area contributed by atoms with E-state index < -0.39 is 0 Å². The van der Waals surface area contributed by atoms with E-state index in [-0.39, 0.29) is 13.1 Å². The van der Waals surface area contributed by atoms with Crippen LogP contribution in [0.3, 0.4) is 0 Å². The summed E-state index contributed by atoms with van der Waals surface area (Å²) in [7, 11) is 11.6. The molecular formula is C32H35Cl2FeN3. The molecule has 0 radical (unpaired) electrons. The molecule has 3 aromatic carbocycles. The molecule has 0 aliphatic rings. The fraction of sp³-hybridized carbons (Fsp3) is 0.250. The first-order chi connectivity index (χ1) is 18.1. The fourth-order valence-electron chi connectivity index (χ4n) is 5.01. The Bertz CT molecular complexity index is 1440. The predicted octanol–water partition coefficient (Wildman–Crippen LogP) is 9.56. The van der Waals surface area contributed by atoms with Crippen LogP contribution in [0.4, 0.5) is 11.4 Å². The molecule has 0 unspecified atom stereocenters. The molecule has 4 aromatic rings. The summed E-state index contributed by atoms with van der Waals surface area (Å²) in [5.41, 5.74) is 14.6. The van der Waals surface area contributed by atoms with Crippen LogP contribution in [0, 0.1) is 41.5 Å². The van der Waals surface area contributed by atoms with E-state index in [9.17, 15) is 0 Å². The van der Waals surface area contributed by atoms with Crippen LogP contribution < -0.4 is 0 Å². The Morgan fingerprint density at radius 3 is 1.55 bits per heavy atom. The number of rotatable bonds is 5. The number of benzene rings is 3. The van der Waals surface area contributed by atoms with Gasteiger partial charge in [0.1, 0.15) is 0 Å². The van der Waals surface area contributed by atoms with Crippen LogP contribution in [-0.4, -0.2) is 16.0 Å². The first kappa shape index (κ1) is 29.9. The molecule has 200 valence electrons. The Hall–Kier alpha value is -2.62. The molecule has 0 spiro atoms. The van der Waals surface area contributed by atoms with Crippen molar-refractivity contribution in [2.45, 2.75) is 48.5 Å². The van der Waals surface area contributed by atoms with E-state index in [2.05, 4.69) is 121 Å². The van der Waals surface area contributed by atoms with Gasteiger partial charge in [-0.25, -0.2) is 4.99 Å². The van der Waals surface area contributed by atoms with Crippen molar-refractivity contribution in [3.05, 3.63) is 117 Å². The zero-order chi connectivity index (χ0) is 28.0. The summed E-state index contributed by atoms with van der Waals surface area (Å²) in [5.74, 6) is 0. The van der Waals surface area contributed by atoms with Crippen LogP contribution in [0.15, 0.2) is 76.7 Å². The van der Waals surface area contributed by atoms with Gasteiger partial charge < -0.3 is 4.57 Å². The van der Waals surface area contributed by atoms with Gasteiger partial charge >= 0.3 is 33.3 Å². The number of hydrogen-bond donors (Lipinski definition) is 0. The topological polar surface area (TPSA) is 29.6 Å². The molecule has 3 nitrogen and oxygen atoms in total. The molecule has 0 aliphatic heterocycles. The van der Waals surface area contributed by atoms with Gasteiger partial charge in [0.15, 0.2) is 0 Å². The molecule has 0 aliphatic carbocycles. The van der Waals surface area contributed by atoms with Crippen LogP contribution in [0.5, 0.6) is 0 Å². The molecule has 0 amide bonds. The summed E-state index contributed by atoms with van der Waals surface area (Å²) < 4.78 is 2.21. The molecule has 0 saturated heterocycles. The van der Waals surface area contributed by atoms with Gasteiger partial charge in [0, 0.05) is 12.6 Å². The van der Waals surface area contributed by atoms with Crippen molar-refractivity contribution in [1.29, 1.82) is 0 Å². The molecule has 0 fully saturated rings. The van der Waals surface area contributed by atoms with E-state index in [0.717, 1.165) is 39.7 Å². The Balaban J connectivity index is 0.00000127. The Morgan fingerprint density at radius 1 is 0.658 bits per heavy atom. The minimum atomic E-state index is 0.194. The van der Waals surface area contributed by atoms with Crippen LogP contribution >= 0.6 is 20.2 Å². The van der Waals surface area contributed by atoms with E-state index in [4.69, 9.17) is 30.2 Å². The summed E-state index contributed by atoms with van der Waals surface area (Å²) >= 11 is 0.194. The quantitative estimate of drug-likeness (QED) is 0.164. The van der Waals surface area contributed by atoms with Crippen molar-refractivity contribution in [1.82, 2.24) is 4.57 Å². The van der Waals surface area contributed by atoms with E-state index in [1.165, 1.54) is 33.4 Å². The van der Waals surface area contributed by atoms with Gasteiger partial charge in [-0.2, -0.15) is 0 Å². The Morgan fingerprint density at radius 2 is 1.08 bits per heavy atom. The van der Waals surface area contributed by atoms with Crippen molar-refractivity contribution < 1.29 is 13.1 Å². The third-order valence-corrected chi connectivity index (χ3v) is 6.56. The van der Waals surface area contributed by atoms with Crippen LogP contribution in [-0.2, 0) is 20.2 Å². The third kappa shape index (κ3) is 7.07. The second-order valence-electron chi connectivity index (χ2n) is 9.73. The van der Waals surface area contributed by atoms with Crippen molar-refractivity contribution in [3.63, 3.8) is 0 Å². The van der Waals surface area contributed by atoms with E-state index in [0.29, 0.717) is 0 Å². The number of aliphatic imine (C=N–C) groups is 2. The Labute approximate surface area is 242 Å². The maximum absolute atomic E-state index is 5.25. The zero-order valence-corrected chi connectivity index (χ0v) is 25.9. The second-order valence-corrected chi connectivity index (χ2v) is 11.6. The van der Waals surface area contributed by atoms with Crippen molar-refractivity contribution in [2.24, 2.45) is 17.0 Å². The van der Waals surface area contributed by atoms with Gasteiger partial charge in [-0.3, -0.25) is 4.99 Å². The summed E-state index contributed by atoms with van der Waals surface area (Å²) in [6.07, 6.45) is 0. The SMILES string of the molecule is CC(=Nc1c(C)cc(C)cc1C)c1ccc(C(=Nc2c(C)cc(C)cc2C)c2ccccc2)n1C.[Cl][Fe][Cl]. The molecule has 1 aromatic heterocycles. The maximum atomic E-state index is 5.25. The van der Waals surface area contributed by atoms with E-state index in [1.54, 1.807) is 0 Å². The Kier molecular flexibility index (Phi) is 10.6. The minimum absolute atomic E-state index is 0.194. The fourth-order valence-corrected chi connectivity index (χ4v) is 5.01. The number of aryl methyl sites for hydroxylation is 6. The molecular weight excluding hydrogens is 553 g/mol. The van der Waals surface area contributed by atoms with Gasteiger partial charge in [-0.1, -0.05) is 65.7 Å². The average molecular weight is 588 g/mol. The van der Waals surface area contributed by atoms with Gasteiger partial charge in [-0.05, 0) is 82.9 Å². The molecule has 0 bridgehead atoms. The summed E-state index contributed by atoms with van der Waals surface area (Å²) in [6.45, 7) is 14.9. The average Bonchev–Trinajstić information content (AvgIpc) is 3.23. The van der Waals surface area contributed by atoms with E-state index >= 15 is 0 Å².